The zero-order chi connectivity index (χ0) is 20.1. The summed E-state index contributed by atoms with van der Waals surface area (Å²) >= 11 is 3.40. The second-order valence-corrected chi connectivity index (χ2v) is 7.78. The molecule has 0 saturated carbocycles. The van der Waals surface area contributed by atoms with Gasteiger partial charge in [-0.05, 0) is 50.1 Å². The first-order valence-electron chi connectivity index (χ1n) is 9.09. The number of aromatic nitrogens is 3. The summed E-state index contributed by atoms with van der Waals surface area (Å²) in [5, 5.41) is 7.42. The number of hydrogen-bond donors (Lipinski definition) is 1. The molecule has 0 bridgehead atoms. The summed E-state index contributed by atoms with van der Waals surface area (Å²) in [7, 11) is 0. The number of aryl methyl sites for hydroxylation is 2. The zero-order valence-electron chi connectivity index (χ0n) is 16.1. The van der Waals surface area contributed by atoms with Gasteiger partial charge in [0.05, 0.1) is 11.3 Å². The Balaban J connectivity index is 1.52. The van der Waals surface area contributed by atoms with Crippen LogP contribution in [0.15, 0.2) is 53.1 Å². The lowest BCUT2D eigenvalue weighted by Crippen LogP contribution is -2.30. The number of halogens is 1. The van der Waals surface area contributed by atoms with Crippen LogP contribution in [0.25, 0.3) is 0 Å². The molecule has 1 atom stereocenters. The third-order valence-corrected chi connectivity index (χ3v) is 4.71. The molecule has 1 unspecified atom stereocenters. The molecule has 3 rings (SSSR count). The highest BCUT2D eigenvalue weighted by atomic mass is 79.9. The summed E-state index contributed by atoms with van der Waals surface area (Å²) in [6, 6.07) is 13.0. The third-order valence-electron chi connectivity index (χ3n) is 4.22. The van der Waals surface area contributed by atoms with Crippen molar-refractivity contribution in [3.8, 4) is 11.6 Å². The molecule has 0 fully saturated rings. The van der Waals surface area contributed by atoms with Crippen LogP contribution in [0.2, 0.25) is 0 Å². The second kappa shape index (κ2) is 9.01. The monoisotopic (exact) mass is 442 g/mol. The number of nitrogens with zero attached hydrogens (tertiary/aromatic N) is 3. The van der Waals surface area contributed by atoms with Crippen LogP contribution in [-0.2, 0) is 6.54 Å². The molecular weight excluding hydrogens is 420 g/mol. The van der Waals surface area contributed by atoms with Crippen molar-refractivity contribution in [2.75, 3.05) is 6.54 Å². The van der Waals surface area contributed by atoms with Crippen LogP contribution in [0.5, 0.6) is 11.6 Å². The van der Waals surface area contributed by atoms with Gasteiger partial charge in [0.1, 0.15) is 5.75 Å². The molecule has 7 heteroatoms. The molecule has 0 aliphatic heterocycles. The molecule has 0 aliphatic rings. The summed E-state index contributed by atoms with van der Waals surface area (Å²) in [6.45, 7) is 7.43. The topological polar surface area (TPSA) is 69.0 Å². The van der Waals surface area contributed by atoms with Gasteiger partial charge < -0.3 is 10.1 Å². The van der Waals surface area contributed by atoms with E-state index in [9.17, 15) is 4.79 Å². The molecule has 1 aromatic carbocycles. The van der Waals surface area contributed by atoms with Crippen LogP contribution in [0.4, 0.5) is 0 Å². The van der Waals surface area contributed by atoms with E-state index in [-0.39, 0.29) is 11.8 Å². The van der Waals surface area contributed by atoms with Crippen molar-refractivity contribution < 1.29 is 9.53 Å². The molecule has 2 aromatic heterocycles. The molecule has 146 valence electrons. The predicted octanol–water partition coefficient (Wildman–Crippen LogP) is 4.52. The maximum Gasteiger partial charge on any atom is 0.252 e. The lowest BCUT2D eigenvalue weighted by molar-refractivity contribution is 0.0946. The molecule has 2 heterocycles. The number of benzene rings is 1. The molecule has 0 saturated heterocycles. The van der Waals surface area contributed by atoms with Crippen molar-refractivity contribution in [1.82, 2.24) is 20.1 Å². The molecule has 0 spiro atoms. The number of ether oxygens (including phenoxy) is 1. The molecular formula is C21H23BrN4O2. The van der Waals surface area contributed by atoms with Crippen molar-refractivity contribution in [3.05, 3.63) is 70.1 Å². The van der Waals surface area contributed by atoms with Gasteiger partial charge in [0.15, 0.2) is 0 Å². The second-order valence-electron chi connectivity index (χ2n) is 6.87. The molecule has 1 amide bonds. The third kappa shape index (κ3) is 5.42. The normalized spacial score (nSPS) is 11.9. The highest BCUT2D eigenvalue weighted by Crippen LogP contribution is 2.22. The van der Waals surface area contributed by atoms with E-state index < -0.39 is 0 Å². The van der Waals surface area contributed by atoms with Crippen molar-refractivity contribution in [1.29, 1.82) is 0 Å². The Morgan fingerprint density at radius 3 is 2.71 bits per heavy atom. The van der Waals surface area contributed by atoms with E-state index in [0.717, 1.165) is 22.4 Å². The maximum absolute atomic E-state index is 12.4. The van der Waals surface area contributed by atoms with Crippen molar-refractivity contribution in [3.63, 3.8) is 0 Å². The van der Waals surface area contributed by atoms with Gasteiger partial charge in [-0.2, -0.15) is 5.10 Å². The summed E-state index contributed by atoms with van der Waals surface area (Å²) in [5.74, 6) is 1.22. The molecule has 1 N–H and O–H groups in total. The van der Waals surface area contributed by atoms with E-state index in [1.165, 1.54) is 6.20 Å². The summed E-state index contributed by atoms with van der Waals surface area (Å²) in [6.07, 6.45) is 1.52. The quantitative estimate of drug-likeness (QED) is 0.583. The SMILES string of the molecule is Cc1cc(C)n(CC(C)CNC(=O)c2ccc(Oc3cccc(Br)c3)nc2)n1. The molecule has 0 aliphatic carbocycles. The minimum atomic E-state index is -0.151. The molecule has 6 nitrogen and oxygen atoms in total. The summed E-state index contributed by atoms with van der Waals surface area (Å²) in [5.41, 5.74) is 2.63. The predicted molar refractivity (Wildman–Crippen MR) is 112 cm³/mol. The first kappa shape index (κ1) is 20.1. The number of carbonyl (C=O) groups is 1. The largest absolute Gasteiger partial charge is 0.439 e. The molecule has 28 heavy (non-hydrogen) atoms. The van der Waals surface area contributed by atoms with E-state index in [4.69, 9.17) is 4.74 Å². The lowest BCUT2D eigenvalue weighted by atomic mass is 10.1. The Morgan fingerprint density at radius 1 is 1.25 bits per heavy atom. The van der Waals surface area contributed by atoms with E-state index >= 15 is 0 Å². The van der Waals surface area contributed by atoms with Crippen LogP contribution >= 0.6 is 15.9 Å². The highest BCUT2D eigenvalue weighted by Gasteiger charge is 2.11. The van der Waals surface area contributed by atoms with Crippen LogP contribution in [0.1, 0.15) is 28.7 Å². The minimum absolute atomic E-state index is 0.151. The van der Waals surface area contributed by atoms with Gasteiger partial charge in [0, 0.05) is 35.5 Å². The standard InChI is InChI=1S/C21H23BrN4O2/c1-14(13-26-16(3)9-15(2)25-26)11-24-21(27)17-7-8-20(23-12-17)28-19-6-4-5-18(22)10-19/h4-10,12,14H,11,13H2,1-3H3,(H,24,27). The Bertz CT molecular complexity index is 953. The first-order valence-corrected chi connectivity index (χ1v) is 9.89. The highest BCUT2D eigenvalue weighted by molar-refractivity contribution is 9.10. The Morgan fingerprint density at radius 2 is 2.07 bits per heavy atom. The number of rotatable bonds is 7. The average molecular weight is 443 g/mol. The van der Waals surface area contributed by atoms with Gasteiger partial charge in [0.25, 0.3) is 5.91 Å². The fourth-order valence-electron chi connectivity index (χ4n) is 2.81. The first-order chi connectivity index (χ1) is 13.4. The van der Waals surface area contributed by atoms with Crippen LogP contribution < -0.4 is 10.1 Å². The fraction of sp³-hybridized carbons (Fsp3) is 0.286. The minimum Gasteiger partial charge on any atom is -0.439 e. The van der Waals surface area contributed by atoms with E-state index in [2.05, 4.69) is 44.3 Å². The van der Waals surface area contributed by atoms with Gasteiger partial charge in [-0.25, -0.2) is 4.98 Å². The van der Waals surface area contributed by atoms with Crippen LogP contribution in [-0.4, -0.2) is 27.2 Å². The zero-order valence-corrected chi connectivity index (χ0v) is 17.7. The fourth-order valence-corrected chi connectivity index (χ4v) is 3.19. The van der Waals surface area contributed by atoms with Crippen molar-refractivity contribution >= 4 is 21.8 Å². The van der Waals surface area contributed by atoms with Gasteiger partial charge in [-0.3, -0.25) is 9.48 Å². The van der Waals surface area contributed by atoms with Crippen LogP contribution in [0, 0.1) is 19.8 Å². The summed E-state index contributed by atoms with van der Waals surface area (Å²) < 4.78 is 8.59. The number of hydrogen-bond acceptors (Lipinski definition) is 4. The summed E-state index contributed by atoms with van der Waals surface area (Å²) in [4.78, 5) is 16.6. The number of nitrogens with one attached hydrogen (secondary N) is 1. The van der Waals surface area contributed by atoms with E-state index in [0.29, 0.717) is 23.7 Å². The smallest absolute Gasteiger partial charge is 0.252 e. The van der Waals surface area contributed by atoms with Gasteiger partial charge in [-0.15, -0.1) is 0 Å². The van der Waals surface area contributed by atoms with E-state index in [1.54, 1.807) is 12.1 Å². The molecule has 0 radical (unpaired) electrons. The van der Waals surface area contributed by atoms with Crippen molar-refractivity contribution in [2.24, 2.45) is 5.92 Å². The maximum atomic E-state index is 12.4. The number of carbonyl (C=O) groups excluding carboxylic acids is 1. The van der Waals surface area contributed by atoms with E-state index in [1.807, 2.05) is 42.8 Å². The number of amides is 1. The van der Waals surface area contributed by atoms with Gasteiger partial charge in [0.2, 0.25) is 5.88 Å². The Hall–Kier alpha value is -2.67. The van der Waals surface area contributed by atoms with Crippen molar-refractivity contribution in [2.45, 2.75) is 27.3 Å². The Labute approximate surface area is 173 Å². The number of pyridine rings is 1. The lowest BCUT2D eigenvalue weighted by Gasteiger charge is -2.14. The van der Waals surface area contributed by atoms with Crippen LogP contribution in [0.3, 0.4) is 0 Å². The average Bonchev–Trinajstić information content (AvgIpc) is 2.97. The van der Waals surface area contributed by atoms with Gasteiger partial charge >= 0.3 is 0 Å². The Kier molecular flexibility index (Phi) is 6.46. The molecule has 3 aromatic rings. The van der Waals surface area contributed by atoms with Gasteiger partial charge in [-0.1, -0.05) is 28.9 Å².